The number of nitrogens with zero attached hydrogens (tertiary/aromatic N) is 2. The summed E-state index contributed by atoms with van der Waals surface area (Å²) in [5.74, 6) is 0.547. The monoisotopic (exact) mass is 552 g/mol. The smallest absolute Gasteiger partial charge is 0.338 e. The summed E-state index contributed by atoms with van der Waals surface area (Å²) in [6, 6.07) is 9.40. The van der Waals surface area contributed by atoms with Crippen molar-refractivity contribution in [1.29, 1.82) is 0 Å². The van der Waals surface area contributed by atoms with Gasteiger partial charge < -0.3 is 23.7 Å². The van der Waals surface area contributed by atoms with Crippen LogP contribution in [0.2, 0.25) is 0 Å². The van der Waals surface area contributed by atoms with Crippen LogP contribution >= 0.6 is 11.3 Å². The number of allylic oxidation sites excluding steroid dienone is 1. The van der Waals surface area contributed by atoms with E-state index in [9.17, 15) is 14.4 Å². The molecule has 1 aliphatic heterocycles. The molecule has 0 aliphatic carbocycles. The zero-order valence-electron chi connectivity index (χ0n) is 22.4. The lowest BCUT2D eigenvalue weighted by Crippen LogP contribution is -2.39. The van der Waals surface area contributed by atoms with E-state index in [1.165, 1.54) is 44.2 Å². The first-order valence-corrected chi connectivity index (χ1v) is 12.8. The Labute approximate surface area is 228 Å². The maximum absolute atomic E-state index is 13.8. The highest BCUT2D eigenvalue weighted by atomic mass is 32.1. The second-order valence-corrected chi connectivity index (χ2v) is 9.43. The maximum Gasteiger partial charge on any atom is 0.338 e. The number of aromatic nitrogens is 1. The van der Waals surface area contributed by atoms with Gasteiger partial charge in [0.05, 0.1) is 49.8 Å². The Hall–Kier alpha value is -4.38. The zero-order valence-corrected chi connectivity index (χ0v) is 23.2. The summed E-state index contributed by atoms with van der Waals surface area (Å²) < 4.78 is 28.6. The zero-order chi connectivity index (χ0) is 28.3. The Kier molecular flexibility index (Phi) is 8.20. The van der Waals surface area contributed by atoms with Crippen LogP contribution in [0.15, 0.2) is 57.5 Å². The van der Waals surface area contributed by atoms with Crippen molar-refractivity contribution in [2.24, 2.45) is 4.99 Å². The molecule has 0 spiro atoms. The van der Waals surface area contributed by atoms with Gasteiger partial charge in [-0.05, 0) is 55.3 Å². The van der Waals surface area contributed by atoms with E-state index in [-0.39, 0.29) is 23.5 Å². The standard InChI is InChI=1S/C28H28N2O8S/c1-7-37-27(33)24-15(2)29-28-30(25(24)18-9-11-19(34-4)22(14-18)36-6)26(32)23(39-28)13-17-8-10-20(38-16(3)31)21(12-17)35-5/h8-14,25H,7H2,1-6H3/b23-13+/t25-/m0/s1. The van der Waals surface area contributed by atoms with Gasteiger partial charge in [-0.25, -0.2) is 9.79 Å². The maximum atomic E-state index is 13.8. The second kappa shape index (κ2) is 11.6. The van der Waals surface area contributed by atoms with Crippen LogP contribution in [0.1, 0.15) is 37.9 Å². The number of hydrogen-bond acceptors (Lipinski definition) is 10. The fraction of sp³-hybridized carbons (Fsp3) is 0.286. The second-order valence-electron chi connectivity index (χ2n) is 8.42. The predicted molar refractivity (Wildman–Crippen MR) is 144 cm³/mol. The highest BCUT2D eigenvalue weighted by molar-refractivity contribution is 7.07. The van der Waals surface area contributed by atoms with Crippen LogP contribution in [0.5, 0.6) is 23.0 Å². The summed E-state index contributed by atoms with van der Waals surface area (Å²) in [6.45, 7) is 4.91. The normalized spacial score (nSPS) is 14.8. The topological polar surface area (TPSA) is 115 Å². The highest BCUT2D eigenvalue weighted by Gasteiger charge is 2.34. The van der Waals surface area contributed by atoms with Crippen LogP contribution in [0.25, 0.3) is 6.08 Å². The molecule has 204 valence electrons. The minimum absolute atomic E-state index is 0.170. The number of benzene rings is 2. The summed E-state index contributed by atoms with van der Waals surface area (Å²) in [7, 11) is 4.51. The molecule has 1 aliphatic rings. The molecule has 3 aromatic rings. The van der Waals surface area contributed by atoms with Crippen molar-refractivity contribution in [3.63, 3.8) is 0 Å². The van der Waals surface area contributed by atoms with E-state index < -0.39 is 18.0 Å². The predicted octanol–water partition coefficient (Wildman–Crippen LogP) is 2.75. The van der Waals surface area contributed by atoms with Crippen LogP contribution in [0.4, 0.5) is 0 Å². The Morgan fingerprint density at radius 3 is 2.31 bits per heavy atom. The lowest BCUT2D eigenvalue weighted by molar-refractivity contribution is -0.139. The first kappa shape index (κ1) is 27.6. The molecule has 2 aromatic carbocycles. The minimum Gasteiger partial charge on any atom is -0.493 e. The number of hydrogen-bond donors (Lipinski definition) is 0. The number of carbonyl (C=O) groups is 2. The van der Waals surface area contributed by atoms with E-state index in [1.807, 2.05) is 0 Å². The van der Waals surface area contributed by atoms with Gasteiger partial charge in [0.15, 0.2) is 27.8 Å². The van der Waals surface area contributed by atoms with E-state index in [1.54, 1.807) is 56.3 Å². The molecule has 0 saturated heterocycles. The van der Waals surface area contributed by atoms with Crippen molar-refractivity contribution in [3.8, 4) is 23.0 Å². The summed E-state index contributed by atoms with van der Waals surface area (Å²) >= 11 is 1.19. The van der Waals surface area contributed by atoms with Crippen molar-refractivity contribution in [2.75, 3.05) is 27.9 Å². The van der Waals surface area contributed by atoms with Gasteiger partial charge in [-0.2, -0.15) is 0 Å². The average molecular weight is 553 g/mol. The molecule has 10 nitrogen and oxygen atoms in total. The third kappa shape index (κ3) is 5.44. The fourth-order valence-electron chi connectivity index (χ4n) is 4.29. The molecule has 2 heterocycles. The number of ether oxygens (including phenoxy) is 5. The Morgan fingerprint density at radius 2 is 1.67 bits per heavy atom. The third-order valence-electron chi connectivity index (χ3n) is 5.98. The first-order valence-electron chi connectivity index (χ1n) is 12.0. The van der Waals surface area contributed by atoms with E-state index >= 15 is 0 Å². The van der Waals surface area contributed by atoms with E-state index in [4.69, 9.17) is 23.7 Å². The molecular weight excluding hydrogens is 524 g/mol. The molecule has 0 N–H and O–H groups in total. The molecule has 0 unspecified atom stereocenters. The van der Waals surface area contributed by atoms with Gasteiger partial charge in [0.2, 0.25) is 0 Å². The third-order valence-corrected chi connectivity index (χ3v) is 6.96. The van der Waals surface area contributed by atoms with Crippen LogP contribution in [-0.2, 0) is 14.3 Å². The molecule has 4 rings (SSSR count). The molecule has 0 amide bonds. The van der Waals surface area contributed by atoms with Crippen LogP contribution < -0.4 is 33.8 Å². The number of methoxy groups -OCH3 is 3. The van der Waals surface area contributed by atoms with Crippen LogP contribution in [0.3, 0.4) is 0 Å². The van der Waals surface area contributed by atoms with Crippen molar-refractivity contribution in [3.05, 3.63) is 78.5 Å². The number of rotatable bonds is 8. The molecule has 0 saturated carbocycles. The van der Waals surface area contributed by atoms with Gasteiger partial charge in [0.25, 0.3) is 5.56 Å². The van der Waals surface area contributed by atoms with Crippen molar-refractivity contribution in [1.82, 2.24) is 4.57 Å². The molecule has 0 bridgehead atoms. The molecule has 0 radical (unpaired) electrons. The van der Waals surface area contributed by atoms with Gasteiger partial charge in [0, 0.05) is 6.92 Å². The van der Waals surface area contributed by atoms with Crippen LogP contribution in [0, 0.1) is 0 Å². The quantitative estimate of drug-likeness (QED) is 0.310. The highest BCUT2D eigenvalue weighted by Crippen LogP contribution is 2.36. The summed E-state index contributed by atoms with van der Waals surface area (Å²) in [4.78, 5) is 43.3. The van der Waals surface area contributed by atoms with Gasteiger partial charge in [-0.1, -0.05) is 23.5 Å². The van der Waals surface area contributed by atoms with Crippen molar-refractivity contribution in [2.45, 2.75) is 26.8 Å². The van der Waals surface area contributed by atoms with E-state index in [0.29, 0.717) is 43.4 Å². The Bertz CT molecular complexity index is 1650. The first-order chi connectivity index (χ1) is 18.7. The summed E-state index contributed by atoms with van der Waals surface area (Å²) in [5, 5.41) is 0. The van der Waals surface area contributed by atoms with Crippen molar-refractivity contribution < 1.29 is 33.3 Å². The minimum atomic E-state index is -0.803. The fourth-order valence-corrected chi connectivity index (χ4v) is 5.34. The molecule has 39 heavy (non-hydrogen) atoms. The summed E-state index contributed by atoms with van der Waals surface area (Å²) in [6.07, 6.45) is 1.69. The summed E-state index contributed by atoms with van der Waals surface area (Å²) in [5.41, 5.74) is 1.65. The number of thiazole rings is 1. The number of esters is 2. The van der Waals surface area contributed by atoms with Gasteiger partial charge in [0.1, 0.15) is 0 Å². The molecule has 0 fully saturated rings. The lowest BCUT2D eigenvalue weighted by Gasteiger charge is -2.25. The molecule has 1 aromatic heterocycles. The SMILES string of the molecule is CCOC(=O)C1=C(C)N=c2s/c(=C/c3ccc(OC(C)=O)c(OC)c3)c(=O)n2[C@H]1c1ccc(OC)c(OC)c1. The number of carbonyl (C=O) groups excluding carboxylic acids is 2. The molecular formula is C28H28N2O8S. The van der Waals surface area contributed by atoms with Gasteiger partial charge >= 0.3 is 11.9 Å². The van der Waals surface area contributed by atoms with E-state index in [0.717, 1.165) is 0 Å². The average Bonchev–Trinajstić information content (AvgIpc) is 3.21. The molecule has 1 atom stereocenters. The van der Waals surface area contributed by atoms with Crippen LogP contribution in [-0.4, -0.2) is 44.4 Å². The number of fused-ring (bicyclic) bond motifs is 1. The van der Waals surface area contributed by atoms with Gasteiger partial charge in [-0.3, -0.25) is 14.2 Å². The van der Waals surface area contributed by atoms with Crippen molar-refractivity contribution >= 4 is 29.4 Å². The largest absolute Gasteiger partial charge is 0.493 e. The van der Waals surface area contributed by atoms with E-state index in [2.05, 4.69) is 4.99 Å². The lowest BCUT2D eigenvalue weighted by atomic mass is 9.95. The molecule has 11 heteroatoms. The van der Waals surface area contributed by atoms with Gasteiger partial charge in [-0.15, -0.1) is 0 Å². The Balaban J connectivity index is 1.92. The Morgan fingerprint density at radius 1 is 1.00 bits per heavy atom.